The van der Waals surface area contributed by atoms with Gasteiger partial charge in [0, 0.05) is 0 Å². The number of carbonyl (C=O) groups excluding carboxylic acids is 3. The highest BCUT2D eigenvalue weighted by Gasteiger charge is 2.31. The van der Waals surface area contributed by atoms with Gasteiger partial charge in [0.2, 0.25) is 0 Å². The lowest BCUT2D eigenvalue weighted by molar-refractivity contribution is -0.137. The van der Waals surface area contributed by atoms with Crippen LogP contribution < -0.4 is 15.5 Å². The van der Waals surface area contributed by atoms with Crippen molar-refractivity contribution in [3.63, 3.8) is 0 Å². The number of aryl methyl sites for hydroxylation is 1. The van der Waals surface area contributed by atoms with Crippen LogP contribution in [0, 0.1) is 6.92 Å². The van der Waals surface area contributed by atoms with E-state index in [-0.39, 0.29) is 10.7 Å². The Hall–Kier alpha value is -4.18. The third-order valence-corrected chi connectivity index (χ3v) is 5.17. The zero-order valence-corrected chi connectivity index (χ0v) is 19.7. The number of anilines is 1. The summed E-state index contributed by atoms with van der Waals surface area (Å²) in [6, 6.07) is 15.5. The standard InChI is InChI=1S/C25H19ClF3N3O4/c1-14-3-5-17(6-4-14)24(35)36-19-10-7-16(8-11-19)15(2)31-32-23(34)22(33)30-21-13-18(25(27,28)29)9-12-20(21)26/h3-13H,1-2H3,(H,30,33)(H,32,34)/b31-15+. The predicted octanol–water partition coefficient (Wildman–Crippen LogP) is 5.37. The number of nitrogens with one attached hydrogen (secondary N) is 2. The van der Waals surface area contributed by atoms with Crippen LogP contribution in [0.5, 0.6) is 5.75 Å². The lowest BCUT2D eigenvalue weighted by atomic mass is 10.1. The maximum Gasteiger partial charge on any atom is 0.416 e. The van der Waals surface area contributed by atoms with E-state index < -0.39 is 29.5 Å². The number of carbonyl (C=O) groups is 3. The molecular weight excluding hydrogens is 499 g/mol. The van der Waals surface area contributed by atoms with E-state index in [1.807, 2.05) is 17.7 Å². The first kappa shape index (κ1) is 26.4. The van der Waals surface area contributed by atoms with E-state index in [0.717, 1.165) is 17.7 Å². The van der Waals surface area contributed by atoms with Gasteiger partial charge < -0.3 is 10.1 Å². The fourth-order valence-corrected chi connectivity index (χ4v) is 3.01. The second kappa shape index (κ2) is 11.0. The highest BCUT2D eigenvalue weighted by atomic mass is 35.5. The smallest absolute Gasteiger partial charge is 0.416 e. The fourth-order valence-electron chi connectivity index (χ4n) is 2.85. The summed E-state index contributed by atoms with van der Waals surface area (Å²) in [6.07, 6.45) is -4.65. The molecule has 0 saturated heterocycles. The number of esters is 1. The minimum atomic E-state index is -4.65. The molecule has 0 radical (unpaired) electrons. The second-order valence-corrected chi connectivity index (χ2v) is 7.97. The molecule has 0 bridgehead atoms. The van der Waals surface area contributed by atoms with Crippen LogP contribution in [-0.4, -0.2) is 23.5 Å². The van der Waals surface area contributed by atoms with Gasteiger partial charge in [0.15, 0.2) is 0 Å². The Morgan fingerprint density at radius 2 is 1.50 bits per heavy atom. The maximum absolute atomic E-state index is 12.9. The van der Waals surface area contributed by atoms with Crippen molar-refractivity contribution in [2.24, 2.45) is 5.10 Å². The van der Waals surface area contributed by atoms with Crippen molar-refractivity contribution in [2.45, 2.75) is 20.0 Å². The lowest BCUT2D eigenvalue weighted by Gasteiger charge is -2.11. The molecule has 0 aliphatic rings. The molecule has 7 nitrogen and oxygen atoms in total. The Bertz CT molecular complexity index is 1320. The molecule has 0 saturated carbocycles. The molecule has 36 heavy (non-hydrogen) atoms. The van der Waals surface area contributed by atoms with Crippen LogP contribution in [0.4, 0.5) is 18.9 Å². The number of ether oxygens (including phenoxy) is 1. The summed E-state index contributed by atoms with van der Waals surface area (Å²) in [6.45, 7) is 3.45. The summed E-state index contributed by atoms with van der Waals surface area (Å²) in [5.41, 5.74) is 2.88. The lowest BCUT2D eigenvalue weighted by Crippen LogP contribution is -2.33. The van der Waals surface area contributed by atoms with E-state index in [1.165, 1.54) is 12.1 Å². The van der Waals surface area contributed by atoms with Gasteiger partial charge in [-0.1, -0.05) is 29.3 Å². The van der Waals surface area contributed by atoms with Gasteiger partial charge in [0.05, 0.1) is 27.5 Å². The number of hydrogen-bond donors (Lipinski definition) is 2. The van der Waals surface area contributed by atoms with Crippen molar-refractivity contribution < 1.29 is 32.3 Å². The third-order valence-electron chi connectivity index (χ3n) is 4.84. The van der Waals surface area contributed by atoms with Crippen LogP contribution >= 0.6 is 11.6 Å². The van der Waals surface area contributed by atoms with Crippen LogP contribution in [-0.2, 0) is 15.8 Å². The highest BCUT2D eigenvalue weighted by Crippen LogP contribution is 2.33. The van der Waals surface area contributed by atoms with Crippen molar-refractivity contribution in [3.05, 3.63) is 94.0 Å². The topological polar surface area (TPSA) is 96.9 Å². The van der Waals surface area contributed by atoms with Gasteiger partial charge in [0.25, 0.3) is 0 Å². The van der Waals surface area contributed by atoms with E-state index in [0.29, 0.717) is 28.7 Å². The molecule has 0 unspecified atom stereocenters. The molecule has 3 rings (SSSR count). The molecular formula is C25H19ClF3N3O4. The van der Waals surface area contributed by atoms with Crippen LogP contribution in [0.1, 0.15) is 34.0 Å². The number of benzene rings is 3. The summed E-state index contributed by atoms with van der Waals surface area (Å²) < 4.78 is 43.9. The van der Waals surface area contributed by atoms with Crippen LogP contribution in [0.2, 0.25) is 5.02 Å². The predicted molar refractivity (Wildman–Crippen MR) is 128 cm³/mol. The monoisotopic (exact) mass is 517 g/mol. The Morgan fingerprint density at radius 1 is 0.889 bits per heavy atom. The normalized spacial score (nSPS) is 11.6. The third kappa shape index (κ3) is 6.92. The second-order valence-electron chi connectivity index (χ2n) is 7.56. The molecule has 3 aromatic carbocycles. The summed E-state index contributed by atoms with van der Waals surface area (Å²) >= 11 is 5.82. The number of halogens is 4. The van der Waals surface area contributed by atoms with Gasteiger partial charge in [-0.3, -0.25) is 9.59 Å². The van der Waals surface area contributed by atoms with Crippen molar-refractivity contribution in [3.8, 4) is 5.75 Å². The molecule has 186 valence electrons. The molecule has 2 N–H and O–H groups in total. The van der Waals surface area contributed by atoms with Gasteiger partial charge in [0.1, 0.15) is 5.75 Å². The van der Waals surface area contributed by atoms with Crippen molar-refractivity contribution >= 4 is 40.8 Å². The quantitative estimate of drug-likeness (QED) is 0.156. The van der Waals surface area contributed by atoms with Crippen LogP contribution in [0.15, 0.2) is 71.8 Å². The minimum Gasteiger partial charge on any atom is -0.423 e. The first-order chi connectivity index (χ1) is 16.9. The average Bonchev–Trinajstić information content (AvgIpc) is 2.83. The van der Waals surface area contributed by atoms with Gasteiger partial charge in [-0.25, -0.2) is 10.2 Å². The molecule has 3 aromatic rings. The number of alkyl halides is 3. The Labute approximate surface area is 208 Å². The molecule has 0 heterocycles. The number of hydrogen-bond acceptors (Lipinski definition) is 5. The Kier molecular flexibility index (Phi) is 8.11. The number of hydrazone groups is 1. The van der Waals surface area contributed by atoms with Gasteiger partial charge in [-0.15, -0.1) is 0 Å². The fraction of sp³-hybridized carbons (Fsp3) is 0.120. The van der Waals surface area contributed by atoms with E-state index in [2.05, 4.69) is 5.10 Å². The van der Waals surface area contributed by atoms with Crippen LogP contribution in [0.25, 0.3) is 0 Å². The van der Waals surface area contributed by atoms with Gasteiger partial charge >= 0.3 is 24.0 Å². The SMILES string of the molecule is C/C(=N\NC(=O)C(=O)Nc1cc(C(F)(F)F)ccc1Cl)c1ccc(OC(=O)c2ccc(C)cc2)cc1. The molecule has 0 aromatic heterocycles. The molecule has 2 amide bonds. The Morgan fingerprint density at radius 3 is 2.11 bits per heavy atom. The number of nitrogens with zero attached hydrogens (tertiary/aromatic N) is 1. The maximum atomic E-state index is 12.9. The van der Waals surface area contributed by atoms with Crippen LogP contribution in [0.3, 0.4) is 0 Å². The molecule has 0 aliphatic carbocycles. The zero-order chi connectivity index (χ0) is 26.5. The minimum absolute atomic E-state index is 0.174. The number of amides is 2. The summed E-state index contributed by atoms with van der Waals surface area (Å²) in [5, 5.41) is 5.67. The van der Waals surface area contributed by atoms with E-state index >= 15 is 0 Å². The first-order valence-electron chi connectivity index (χ1n) is 10.4. The van der Waals surface area contributed by atoms with E-state index in [9.17, 15) is 27.6 Å². The average molecular weight is 518 g/mol. The largest absolute Gasteiger partial charge is 0.423 e. The first-order valence-corrected chi connectivity index (χ1v) is 10.7. The molecule has 0 fully saturated rings. The molecule has 0 aliphatic heterocycles. The van der Waals surface area contributed by atoms with Crippen molar-refractivity contribution in [2.75, 3.05) is 5.32 Å². The Balaban J connectivity index is 1.60. The van der Waals surface area contributed by atoms with E-state index in [1.54, 1.807) is 43.3 Å². The molecule has 11 heteroatoms. The summed E-state index contributed by atoms with van der Waals surface area (Å²) in [7, 11) is 0. The summed E-state index contributed by atoms with van der Waals surface area (Å²) in [4.78, 5) is 36.3. The highest BCUT2D eigenvalue weighted by molar-refractivity contribution is 6.41. The van der Waals surface area contributed by atoms with Gasteiger partial charge in [-0.2, -0.15) is 18.3 Å². The molecule has 0 spiro atoms. The molecule has 0 atom stereocenters. The van der Waals surface area contributed by atoms with Crippen molar-refractivity contribution in [1.82, 2.24) is 5.43 Å². The van der Waals surface area contributed by atoms with Gasteiger partial charge in [-0.05, 0) is 74.0 Å². The summed E-state index contributed by atoms with van der Waals surface area (Å²) in [5.74, 6) is -2.71. The van der Waals surface area contributed by atoms with E-state index in [4.69, 9.17) is 16.3 Å². The van der Waals surface area contributed by atoms with Crippen molar-refractivity contribution in [1.29, 1.82) is 0 Å². The zero-order valence-electron chi connectivity index (χ0n) is 18.9. The number of rotatable bonds is 5.